The Morgan fingerprint density at radius 2 is 2.12 bits per heavy atom. The van der Waals surface area contributed by atoms with Gasteiger partial charge < -0.3 is 9.84 Å². The maximum absolute atomic E-state index is 11.8. The first kappa shape index (κ1) is 9.67. The molecule has 1 saturated heterocycles. The minimum Gasteiger partial charge on any atom is -0.481 e. The Balaban J connectivity index is 1.89. The Bertz CT molecular complexity index is 416. The maximum Gasteiger partial charge on any atom is 0.310 e. The van der Waals surface area contributed by atoms with Gasteiger partial charge in [-0.1, -0.05) is 22.6 Å². The monoisotopic (exact) mass is 334 g/mol. The Labute approximate surface area is 106 Å². The number of esters is 1. The summed E-state index contributed by atoms with van der Waals surface area (Å²) in [5.74, 6) is -1.52. The Kier molecular flexibility index (Phi) is 1.55. The molecule has 1 aliphatic heterocycles. The van der Waals surface area contributed by atoms with Crippen LogP contribution in [0.1, 0.15) is 12.8 Å². The molecule has 3 aliphatic carbocycles. The smallest absolute Gasteiger partial charge is 0.310 e. The first-order valence-corrected chi connectivity index (χ1v) is 6.90. The van der Waals surface area contributed by atoms with Crippen LogP contribution in [0.15, 0.2) is 0 Å². The molecule has 0 radical (unpaired) electrons. The van der Waals surface area contributed by atoms with Gasteiger partial charge in [0.1, 0.15) is 6.10 Å². The summed E-state index contributed by atoms with van der Waals surface area (Å²) in [6.07, 6.45) is 2.19. The summed E-state index contributed by atoms with van der Waals surface area (Å²) < 4.78 is 5.60. The summed E-state index contributed by atoms with van der Waals surface area (Å²) in [7, 11) is 0. The highest BCUT2D eigenvalue weighted by Crippen LogP contribution is 2.78. The molecule has 1 N–H and O–H groups in total. The number of rotatable bonds is 1. The van der Waals surface area contributed by atoms with E-state index in [4.69, 9.17) is 4.74 Å². The minimum atomic E-state index is -0.803. The van der Waals surface area contributed by atoms with Crippen LogP contribution in [0.5, 0.6) is 0 Å². The van der Waals surface area contributed by atoms with Crippen molar-refractivity contribution in [2.75, 3.05) is 0 Å². The van der Waals surface area contributed by atoms with Gasteiger partial charge in [0, 0.05) is 5.92 Å². The molecule has 0 aromatic carbocycles. The number of aliphatic carboxylic acids is 1. The van der Waals surface area contributed by atoms with Gasteiger partial charge >= 0.3 is 11.9 Å². The summed E-state index contributed by atoms with van der Waals surface area (Å²) >= 11 is 2.30. The van der Waals surface area contributed by atoms with Crippen LogP contribution in [-0.2, 0) is 14.3 Å². The highest BCUT2D eigenvalue weighted by molar-refractivity contribution is 14.1. The van der Waals surface area contributed by atoms with Crippen molar-refractivity contribution < 1.29 is 19.4 Å². The summed E-state index contributed by atoms with van der Waals surface area (Å²) in [5, 5.41) is 9.34. The molecule has 6 atom stereocenters. The Hall–Kier alpha value is -0.330. The first-order chi connectivity index (χ1) is 7.58. The van der Waals surface area contributed by atoms with Gasteiger partial charge in [-0.3, -0.25) is 9.59 Å². The lowest BCUT2D eigenvalue weighted by molar-refractivity contribution is -0.151. The Morgan fingerprint density at radius 1 is 1.44 bits per heavy atom. The molecular formula is C11H11IO4. The van der Waals surface area contributed by atoms with Crippen LogP contribution in [0.4, 0.5) is 0 Å². The standard InChI is InChI=1S/C11H11IO4/c12-7-5-3(9(13)14)4-6(11(5)1-2-11)8(7)16-10(4)15/h3-8H,1-2H2,(H,13,14)/t3?,4-,5?,6?,7?,8?/m1/s1. The lowest BCUT2D eigenvalue weighted by Gasteiger charge is -2.25. The van der Waals surface area contributed by atoms with E-state index in [1.807, 2.05) is 0 Å². The van der Waals surface area contributed by atoms with E-state index < -0.39 is 11.9 Å². The van der Waals surface area contributed by atoms with Crippen molar-refractivity contribution in [1.29, 1.82) is 0 Å². The second kappa shape index (κ2) is 2.57. The van der Waals surface area contributed by atoms with Gasteiger partial charge in [-0.25, -0.2) is 0 Å². The van der Waals surface area contributed by atoms with Crippen LogP contribution in [0.2, 0.25) is 0 Å². The van der Waals surface area contributed by atoms with Crippen LogP contribution in [0.3, 0.4) is 0 Å². The minimum absolute atomic E-state index is 0.00111. The number of carboxylic acid groups (broad SMARTS) is 1. The van der Waals surface area contributed by atoms with Crippen molar-refractivity contribution in [3.8, 4) is 0 Å². The van der Waals surface area contributed by atoms with Crippen molar-refractivity contribution in [1.82, 2.24) is 0 Å². The van der Waals surface area contributed by atoms with Crippen LogP contribution >= 0.6 is 22.6 Å². The largest absolute Gasteiger partial charge is 0.481 e. The molecule has 86 valence electrons. The van der Waals surface area contributed by atoms with Crippen molar-refractivity contribution in [2.24, 2.45) is 29.1 Å². The van der Waals surface area contributed by atoms with Gasteiger partial charge in [-0.05, 0) is 24.2 Å². The molecular weight excluding hydrogens is 323 g/mol. The molecule has 5 unspecified atom stereocenters. The van der Waals surface area contributed by atoms with Gasteiger partial charge in [-0.2, -0.15) is 0 Å². The molecule has 4 nitrogen and oxygen atoms in total. The van der Waals surface area contributed by atoms with Crippen molar-refractivity contribution in [3.05, 3.63) is 0 Å². The van der Waals surface area contributed by atoms with Crippen LogP contribution in [0, 0.1) is 29.1 Å². The molecule has 16 heavy (non-hydrogen) atoms. The third kappa shape index (κ3) is 0.791. The van der Waals surface area contributed by atoms with Crippen molar-refractivity contribution >= 4 is 34.5 Å². The van der Waals surface area contributed by atoms with E-state index in [-0.39, 0.29) is 39.2 Å². The summed E-state index contributed by atoms with van der Waals surface area (Å²) in [5.41, 5.74) is 0.149. The third-order valence-corrected chi connectivity index (χ3v) is 6.62. The fraction of sp³-hybridized carbons (Fsp3) is 0.818. The van der Waals surface area contributed by atoms with E-state index in [1.165, 1.54) is 0 Å². The molecule has 4 rings (SSSR count). The van der Waals surface area contributed by atoms with E-state index in [1.54, 1.807) is 0 Å². The highest BCUT2D eigenvalue weighted by atomic mass is 127. The normalized spacial score (nSPS) is 54.4. The molecule has 2 bridgehead atoms. The number of carbonyl (C=O) groups is 2. The van der Waals surface area contributed by atoms with Gasteiger partial charge in [0.05, 0.1) is 15.8 Å². The fourth-order valence-corrected chi connectivity index (χ4v) is 6.35. The lowest BCUT2D eigenvalue weighted by Crippen LogP contribution is -2.37. The van der Waals surface area contributed by atoms with E-state index in [0.717, 1.165) is 12.8 Å². The number of carbonyl (C=O) groups excluding carboxylic acids is 1. The van der Waals surface area contributed by atoms with Gasteiger partial charge in [0.15, 0.2) is 0 Å². The summed E-state index contributed by atoms with van der Waals surface area (Å²) in [4.78, 5) is 23.2. The average Bonchev–Trinajstić information content (AvgIpc) is 2.80. The number of ether oxygens (including phenoxy) is 1. The molecule has 5 heteroatoms. The number of hydrogen-bond donors (Lipinski definition) is 1. The van der Waals surface area contributed by atoms with Crippen molar-refractivity contribution in [2.45, 2.75) is 22.9 Å². The van der Waals surface area contributed by atoms with Crippen LogP contribution < -0.4 is 0 Å². The van der Waals surface area contributed by atoms with E-state index in [0.29, 0.717) is 0 Å². The third-order valence-electron chi connectivity index (χ3n) is 5.14. The van der Waals surface area contributed by atoms with E-state index >= 15 is 0 Å². The summed E-state index contributed by atoms with van der Waals surface area (Å²) in [6.45, 7) is 0. The molecule has 1 spiro atoms. The van der Waals surface area contributed by atoms with Crippen LogP contribution in [-0.4, -0.2) is 27.1 Å². The molecule has 1 heterocycles. The SMILES string of the molecule is O=C(O)C1C2C(I)C3OC(=O)[C@H]1C3C21CC1. The summed E-state index contributed by atoms with van der Waals surface area (Å²) in [6, 6.07) is 0. The fourth-order valence-electron chi connectivity index (χ4n) is 4.60. The van der Waals surface area contributed by atoms with Gasteiger partial charge in [0.2, 0.25) is 0 Å². The quantitative estimate of drug-likeness (QED) is 0.443. The molecule has 0 aromatic rings. The molecule has 4 aliphatic rings. The molecule has 4 fully saturated rings. The predicted molar refractivity (Wildman–Crippen MR) is 61.0 cm³/mol. The lowest BCUT2D eigenvalue weighted by atomic mass is 9.80. The number of hydrogen-bond acceptors (Lipinski definition) is 3. The topological polar surface area (TPSA) is 63.6 Å². The zero-order chi connectivity index (χ0) is 11.2. The number of alkyl halides is 1. The van der Waals surface area contributed by atoms with Crippen LogP contribution in [0.25, 0.3) is 0 Å². The molecule has 0 aromatic heterocycles. The molecule has 3 saturated carbocycles. The second-order valence-electron chi connectivity index (χ2n) is 5.52. The number of carboxylic acids is 1. The zero-order valence-electron chi connectivity index (χ0n) is 8.43. The Morgan fingerprint density at radius 3 is 2.69 bits per heavy atom. The second-order valence-corrected chi connectivity index (χ2v) is 6.96. The zero-order valence-corrected chi connectivity index (χ0v) is 10.6. The highest BCUT2D eigenvalue weighted by Gasteiger charge is 2.81. The predicted octanol–water partition coefficient (Wildman–Crippen LogP) is 1.07. The average molecular weight is 334 g/mol. The maximum atomic E-state index is 11.8. The van der Waals surface area contributed by atoms with E-state index in [2.05, 4.69) is 22.6 Å². The number of halogens is 1. The first-order valence-electron chi connectivity index (χ1n) is 5.65. The van der Waals surface area contributed by atoms with E-state index in [9.17, 15) is 14.7 Å². The van der Waals surface area contributed by atoms with Gasteiger partial charge in [-0.15, -0.1) is 0 Å². The molecule has 0 amide bonds. The van der Waals surface area contributed by atoms with Crippen molar-refractivity contribution in [3.63, 3.8) is 0 Å². The van der Waals surface area contributed by atoms with Gasteiger partial charge in [0.25, 0.3) is 0 Å².